The van der Waals surface area contributed by atoms with E-state index in [-0.39, 0.29) is 34.7 Å². The van der Waals surface area contributed by atoms with Crippen molar-refractivity contribution < 1.29 is 21.8 Å². The highest BCUT2D eigenvalue weighted by atomic mass is 32.2. The van der Waals surface area contributed by atoms with Crippen LogP contribution in [0, 0.1) is 6.92 Å². The average molecular weight is 477 g/mol. The lowest BCUT2D eigenvalue weighted by molar-refractivity contribution is -0.0690. The van der Waals surface area contributed by atoms with E-state index < -0.39 is 18.4 Å². The maximum atomic E-state index is 12.6. The highest BCUT2D eigenvalue weighted by Crippen LogP contribution is 2.41. The Morgan fingerprint density at radius 3 is 2.25 bits per heavy atom. The lowest BCUT2D eigenvalue weighted by Gasteiger charge is -2.44. The molecule has 7 heteroatoms. The third kappa shape index (κ3) is 6.08. The molecule has 0 radical (unpaired) electrons. The van der Waals surface area contributed by atoms with Crippen LogP contribution >= 0.6 is 0 Å². The number of ether oxygens (including phenoxy) is 1. The molecule has 2 aromatic carbocycles. The van der Waals surface area contributed by atoms with Crippen molar-refractivity contribution in [3.05, 3.63) is 65.7 Å². The topological polar surface area (TPSA) is 61.8 Å². The standard InChI is InChI=1S/C25H36O5SSi/c1-19-12-14-22(15-13-19)31(26,27)29-17-21-16-24(30-32(5,6)25(2,3)4)23(18-28-21)20-10-8-7-9-11-20/h7-15,21,23-24H,16-18H2,1-6H3/t21-,23-,24-/m1/s1. The van der Waals surface area contributed by atoms with Crippen LogP contribution < -0.4 is 0 Å². The minimum absolute atomic E-state index is 0.0188. The second-order valence-corrected chi connectivity index (χ2v) is 16.5. The Labute approximate surface area is 194 Å². The van der Waals surface area contributed by atoms with Gasteiger partial charge in [0.2, 0.25) is 0 Å². The Morgan fingerprint density at radius 1 is 1.03 bits per heavy atom. The van der Waals surface area contributed by atoms with Crippen LogP contribution in [0.4, 0.5) is 0 Å². The summed E-state index contributed by atoms with van der Waals surface area (Å²) < 4.78 is 43.5. The molecule has 1 saturated heterocycles. The summed E-state index contributed by atoms with van der Waals surface area (Å²) in [6, 6.07) is 16.9. The molecular formula is C25H36O5SSi. The molecule has 1 aliphatic heterocycles. The number of rotatable bonds is 7. The third-order valence-electron chi connectivity index (χ3n) is 6.65. The normalized spacial score (nSPS) is 22.6. The minimum atomic E-state index is -3.83. The molecule has 1 fully saturated rings. The second kappa shape index (κ2) is 9.77. The molecule has 5 nitrogen and oxygen atoms in total. The summed E-state index contributed by atoms with van der Waals surface area (Å²) in [7, 11) is -5.86. The summed E-state index contributed by atoms with van der Waals surface area (Å²) in [6.07, 6.45) is 0.197. The predicted octanol–water partition coefficient (Wildman–Crippen LogP) is 5.66. The van der Waals surface area contributed by atoms with Crippen molar-refractivity contribution in [2.45, 2.75) is 75.3 Å². The van der Waals surface area contributed by atoms with Gasteiger partial charge >= 0.3 is 0 Å². The molecule has 2 aromatic rings. The molecule has 0 aromatic heterocycles. The first-order valence-corrected chi connectivity index (χ1v) is 15.5. The fourth-order valence-electron chi connectivity index (χ4n) is 3.59. The maximum Gasteiger partial charge on any atom is 0.297 e. The van der Waals surface area contributed by atoms with Crippen molar-refractivity contribution in [2.75, 3.05) is 13.2 Å². The Kier molecular flexibility index (Phi) is 7.67. The van der Waals surface area contributed by atoms with Crippen LogP contribution in [0.1, 0.15) is 44.2 Å². The van der Waals surface area contributed by atoms with Gasteiger partial charge in [0, 0.05) is 12.3 Å². The first-order valence-electron chi connectivity index (χ1n) is 11.2. The molecule has 0 amide bonds. The van der Waals surface area contributed by atoms with Crippen molar-refractivity contribution in [2.24, 2.45) is 0 Å². The number of hydrogen-bond acceptors (Lipinski definition) is 5. The largest absolute Gasteiger partial charge is 0.413 e. The summed E-state index contributed by atoms with van der Waals surface area (Å²) in [5.41, 5.74) is 2.18. The third-order valence-corrected chi connectivity index (χ3v) is 12.5. The first-order chi connectivity index (χ1) is 14.9. The Balaban J connectivity index is 1.74. The molecule has 0 aliphatic carbocycles. The molecule has 0 N–H and O–H groups in total. The van der Waals surface area contributed by atoms with Gasteiger partial charge in [-0.25, -0.2) is 0 Å². The molecule has 0 bridgehead atoms. The molecule has 3 rings (SSSR count). The maximum absolute atomic E-state index is 12.6. The molecule has 0 unspecified atom stereocenters. The van der Waals surface area contributed by atoms with Crippen LogP contribution in [-0.4, -0.2) is 42.2 Å². The summed E-state index contributed by atoms with van der Waals surface area (Å²) in [4.78, 5) is 0.162. The molecule has 1 aliphatic rings. The summed E-state index contributed by atoms with van der Waals surface area (Å²) in [5, 5.41) is 0.0767. The second-order valence-electron chi connectivity index (χ2n) is 10.2. The molecule has 0 saturated carbocycles. The molecule has 1 heterocycles. The number of aryl methyl sites for hydroxylation is 1. The van der Waals surface area contributed by atoms with Gasteiger partial charge in [-0.2, -0.15) is 8.42 Å². The van der Waals surface area contributed by atoms with E-state index in [4.69, 9.17) is 13.3 Å². The van der Waals surface area contributed by atoms with Crippen LogP contribution in [-0.2, 0) is 23.5 Å². The highest BCUT2D eigenvalue weighted by molar-refractivity contribution is 7.86. The van der Waals surface area contributed by atoms with Crippen molar-refractivity contribution in [3.8, 4) is 0 Å². The highest BCUT2D eigenvalue weighted by Gasteiger charge is 2.43. The van der Waals surface area contributed by atoms with E-state index in [9.17, 15) is 8.42 Å². The van der Waals surface area contributed by atoms with Crippen molar-refractivity contribution in [1.29, 1.82) is 0 Å². The molecule has 3 atom stereocenters. The Bertz CT molecular complexity index is 981. The van der Waals surface area contributed by atoms with Gasteiger partial charge in [0.15, 0.2) is 8.32 Å². The zero-order valence-electron chi connectivity index (χ0n) is 20.0. The molecular weight excluding hydrogens is 440 g/mol. The monoisotopic (exact) mass is 476 g/mol. The summed E-state index contributed by atoms with van der Waals surface area (Å²) in [5.74, 6) is 0.107. The number of hydrogen-bond donors (Lipinski definition) is 0. The van der Waals surface area contributed by atoms with E-state index in [1.807, 2.05) is 25.1 Å². The van der Waals surface area contributed by atoms with Crippen molar-refractivity contribution >= 4 is 18.4 Å². The van der Waals surface area contributed by atoms with Gasteiger partial charge in [0.25, 0.3) is 10.1 Å². The van der Waals surface area contributed by atoms with Gasteiger partial charge < -0.3 is 9.16 Å². The molecule has 176 valence electrons. The lowest BCUT2D eigenvalue weighted by Crippen LogP contribution is -2.49. The summed E-state index contributed by atoms with van der Waals surface area (Å²) in [6.45, 7) is 13.5. The van der Waals surface area contributed by atoms with Crippen molar-refractivity contribution in [3.63, 3.8) is 0 Å². The van der Waals surface area contributed by atoms with E-state index in [0.29, 0.717) is 13.0 Å². The van der Waals surface area contributed by atoms with Crippen LogP contribution in [0.2, 0.25) is 18.1 Å². The van der Waals surface area contributed by atoms with Gasteiger partial charge in [-0.15, -0.1) is 0 Å². The van der Waals surface area contributed by atoms with Gasteiger partial charge in [-0.1, -0.05) is 68.8 Å². The van der Waals surface area contributed by atoms with Gasteiger partial charge in [-0.05, 0) is 42.8 Å². The zero-order valence-corrected chi connectivity index (χ0v) is 21.8. The smallest absolute Gasteiger partial charge is 0.297 e. The predicted molar refractivity (Wildman–Crippen MR) is 130 cm³/mol. The SMILES string of the molecule is Cc1ccc(S(=O)(=O)OC[C@H]2C[C@@H](O[Si](C)(C)C(C)(C)C)[C@@H](c3ccccc3)CO2)cc1. The van der Waals surface area contributed by atoms with Crippen LogP contribution in [0.25, 0.3) is 0 Å². The van der Waals surface area contributed by atoms with E-state index in [1.54, 1.807) is 24.3 Å². The minimum Gasteiger partial charge on any atom is -0.413 e. The average Bonchev–Trinajstić information content (AvgIpc) is 2.72. The Hall–Kier alpha value is -1.51. The Morgan fingerprint density at radius 2 is 1.66 bits per heavy atom. The zero-order chi connectivity index (χ0) is 23.6. The summed E-state index contributed by atoms with van der Waals surface area (Å²) >= 11 is 0. The van der Waals surface area contributed by atoms with Gasteiger partial charge in [0.1, 0.15) is 0 Å². The van der Waals surface area contributed by atoms with Crippen LogP contribution in [0.15, 0.2) is 59.5 Å². The fraction of sp³-hybridized carbons (Fsp3) is 0.520. The molecule has 0 spiro atoms. The lowest BCUT2D eigenvalue weighted by atomic mass is 9.89. The molecule has 32 heavy (non-hydrogen) atoms. The van der Waals surface area contributed by atoms with Crippen molar-refractivity contribution in [1.82, 2.24) is 0 Å². The van der Waals surface area contributed by atoms with E-state index in [2.05, 4.69) is 46.0 Å². The van der Waals surface area contributed by atoms with Gasteiger partial charge in [-0.3, -0.25) is 4.18 Å². The quantitative estimate of drug-likeness (QED) is 0.381. The fourth-order valence-corrected chi connectivity index (χ4v) is 5.90. The van der Waals surface area contributed by atoms with E-state index in [0.717, 1.165) is 5.56 Å². The van der Waals surface area contributed by atoms with Crippen LogP contribution in [0.3, 0.4) is 0 Å². The van der Waals surface area contributed by atoms with Gasteiger partial charge in [0.05, 0.1) is 30.3 Å². The van der Waals surface area contributed by atoms with Crippen LogP contribution in [0.5, 0.6) is 0 Å². The van der Waals surface area contributed by atoms with E-state index in [1.165, 1.54) is 5.56 Å². The number of benzene rings is 2. The first kappa shape index (κ1) is 25.1. The van der Waals surface area contributed by atoms with E-state index >= 15 is 0 Å².